The Morgan fingerprint density at radius 1 is 1.21 bits per heavy atom. The third-order valence-electron chi connectivity index (χ3n) is 5.34. The van der Waals surface area contributed by atoms with Crippen molar-refractivity contribution in [3.63, 3.8) is 0 Å². The van der Waals surface area contributed by atoms with Gasteiger partial charge in [-0.3, -0.25) is 9.48 Å². The number of para-hydroxylation sites is 1. The van der Waals surface area contributed by atoms with Gasteiger partial charge in [0, 0.05) is 37.6 Å². The zero-order chi connectivity index (χ0) is 19.3. The Morgan fingerprint density at radius 2 is 2.04 bits per heavy atom. The van der Waals surface area contributed by atoms with Gasteiger partial charge in [-0.05, 0) is 18.6 Å². The second-order valence-corrected chi connectivity index (χ2v) is 9.15. The van der Waals surface area contributed by atoms with Gasteiger partial charge in [-0.25, -0.2) is 8.42 Å². The van der Waals surface area contributed by atoms with E-state index in [1.54, 1.807) is 27.9 Å². The van der Waals surface area contributed by atoms with E-state index in [1.807, 2.05) is 18.3 Å². The fourth-order valence-corrected chi connectivity index (χ4v) is 5.24. The average molecular weight is 401 g/mol. The van der Waals surface area contributed by atoms with Gasteiger partial charge in [0.05, 0.1) is 17.9 Å². The number of carbonyl (C=O) groups excluding carboxylic acids is 1. The van der Waals surface area contributed by atoms with Gasteiger partial charge in [-0.15, -0.1) is 0 Å². The molecule has 2 aliphatic heterocycles. The largest absolute Gasteiger partial charge is 0.356 e. The maximum atomic E-state index is 12.7. The standard InChI is InChI=1S/C18H19N5O4S/c24-18-6-3-7-22(18)13-8-19-23(11-13)14-9-21(10-14)28(25,26)12-16-15-4-1-2-5-17(15)27-20-16/h1-2,4-5,8,11,14H,3,6-7,9-10,12H2. The number of nitrogens with zero attached hydrogens (tertiary/aromatic N) is 5. The molecule has 2 aromatic heterocycles. The predicted molar refractivity (Wildman–Crippen MR) is 101 cm³/mol. The zero-order valence-electron chi connectivity index (χ0n) is 15.1. The highest BCUT2D eigenvalue weighted by atomic mass is 32.2. The minimum absolute atomic E-state index is 0.0321. The highest BCUT2D eigenvalue weighted by molar-refractivity contribution is 7.88. The summed E-state index contributed by atoms with van der Waals surface area (Å²) in [5.74, 6) is -0.0826. The molecule has 0 N–H and O–H groups in total. The molecule has 5 rings (SSSR count). The number of rotatable bonds is 5. The fraction of sp³-hybridized carbons (Fsp3) is 0.389. The molecule has 9 nitrogen and oxygen atoms in total. The zero-order valence-corrected chi connectivity index (χ0v) is 15.9. The summed E-state index contributed by atoms with van der Waals surface area (Å²) in [5, 5.41) is 8.96. The van der Waals surface area contributed by atoms with Crippen LogP contribution < -0.4 is 4.90 Å². The average Bonchev–Trinajstić information content (AvgIpc) is 3.34. The Kier molecular flexibility index (Phi) is 3.98. The summed E-state index contributed by atoms with van der Waals surface area (Å²) in [6.07, 6.45) is 4.92. The molecule has 0 aliphatic carbocycles. The first kappa shape index (κ1) is 17.4. The molecule has 146 valence electrons. The summed E-state index contributed by atoms with van der Waals surface area (Å²) in [6, 6.07) is 7.18. The normalized spacial score (nSPS) is 18.9. The number of fused-ring (bicyclic) bond motifs is 1. The van der Waals surface area contributed by atoms with Crippen LogP contribution in [0.4, 0.5) is 5.69 Å². The number of amides is 1. The van der Waals surface area contributed by atoms with E-state index in [0.717, 1.165) is 17.5 Å². The van der Waals surface area contributed by atoms with Crippen molar-refractivity contribution in [1.82, 2.24) is 19.2 Å². The number of aromatic nitrogens is 3. The molecule has 2 saturated heterocycles. The summed E-state index contributed by atoms with van der Waals surface area (Å²) in [6.45, 7) is 1.42. The number of sulfonamides is 1. The molecule has 0 radical (unpaired) electrons. The van der Waals surface area contributed by atoms with E-state index >= 15 is 0 Å². The SMILES string of the molecule is O=C1CCCN1c1cnn(C2CN(S(=O)(=O)Cc3noc4ccccc34)C2)c1. The smallest absolute Gasteiger partial charge is 0.227 e. The fourth-order valence-electron chi connectivity index (χ4n) is 3.71. The van der Waals surface area contributed by atoms with Crippen LogP contribution >= 0.6 is 0 Å². The monoisotopic (exact) mass is 401 g/mol. The third-order valence-corrected chi connectivity index (χ3v) is 7.06. The maximum absolute atomic E-state index is 12.7. The minimum Gasteiger partial charge on any atom is -0.356 e. The Labute approximate surface area is 161 Å². The Bertz CT molecular complexity index is 1150. The number of benzene rings is 1. The van der Waals surface area contributed by atoms with Crippen molar-refractivity contribution in [3.05, 3.63) is 42.4 Å². The van der Waals surface area contributed by atoms with Crippen molar-refractivity contribution >= 4 is 32.6 Å². The molecule has 0 saturated carbocycles. The molecule has 0 atom stereocenters. The lowest BCUT2D eigenvalue weighted by Gasteiger charge is -2.37. The molecule has 10 heteroatoms. The van der Waals surface area contributed by atoms with Crippen molar-refractivity contribution in [2.24, 2.45) is 0 Å². The first-order valence-corrected chi connectivity index (χ1v) is 10.8. The van der Waals surface area contributed by atoms with Crippen molar-refractivity contribution in [3.8, 4) is 0 Å². The lowest BCUT2D eigenvalue weighted by molar-refractivity contribution is -0.117. The maximum Gasteiger partial charge on any atom is 0.227 e. The number of carbonyl (C=O) groups is 1. The van der Waals surface area contributed by atoms with Crippen molar-refractivity contribution in [2.45, 2.75) is 24.6 Å². The molecule has 2 aliphatic rings. The minimum atomic E-state index is -3.49. The summed E-state index contributed by atoms with van der Waals surface area (Å²) in [7, 11) is -3.49. The van der Waals surface area contributed by atoms with Crippen LogP contribution in [0.1, 0.15) is 24.6 Å². The Hall–Kier alpha value is -2.72. The van der Waals surface area contributed by atoms with Crippen LogP contribution in [0, 0.1) is 0 Å². The van der Waals surface area contributed by atoms with Gasteiger partial charge in [0.15, 0.2) is 5.58 Å². The second-order valence-electron chi connectivity index (χ2n) is 7.18. The van der Waals surface area contributed by atoms with E-state index in [1.165, 1.54) is 4.31 Å². The molecule has 0 bridgehead atoms. The van der Waals surface area contributed by atoms with Crippen molar-refractivity contribution < 1.29 is 17.7 Å². The van der Waals surface area contributed by atoms with Crippen LogP contribution in [0.25, 0.3) is 11.0 Å². The summed E-state index contributed by atoms with van der Waals surface area (Å²) in [4.78, 5) is 13.6. The molecule has 28 heavy (non-hydrogen) atoms. The molecule has 0 unspecified atom stereocenters. The van der Waals surface area contributed by atoms with Crippen LogP contribution in [-0.4, -0.2) is 53.2 Å². The Morgan fingerprint density at radius 3 is 2.82 bits per heavy atom. The van der Waals surface area contributed by atoms with Gasteiger partial charge in [-0.2, -0.15) is 9.40 Å². The van der Waals surface area contributed by atoms with E-state index in [2.05, 4.69) is 10.3 Å². The molecule has 4 heterocycles. The van der Waals surface area contributed by atoms with Crippen molar-refractivity contribution in [2.75, 3.05) is 24.5 Å². The molecular formula is C18H19N5O4S. The molecule has 2 fully saturated rings. The van der Waals surface area contributed by atoms with Gasteiger partial charge in [0.1, 0.15) is 11.4 Å². The van der Waals surface area contributed by atoms with E-state index in [0.29, 0.717) is 37.3 Å². The van der Waals surface area contributed by atoms with Gasteiger partial charge in [0.2, 0.25) is 15.9 Å². The van der Waals surface area contributed by atoms with Crippen molar-refractivity contribution in [1.29, 1.82) is 0 Å². The van der Waals surface area contributed by atoms with Crippen LogP contribution in [0.2, 0.25) is 0 Å². The predicted octanol–water partition coefficient (Wildman–Crippen LogP) is 1.54. The highest BCUT2D eigenvalue weighted by Gasteiger charge is 2.38. The summed E-state index contributed by atoms with van der Waals surface area (Å²) >= 11 is 0. The topological polar surface area (TPSA) is 102 Å². The third kappa shape index (κ3) is 2.89. The van der Waals surface area contributed by atoms with Crippen LogP contribution in [0.3, 0.4) is 0 Å². The lowest BCUT2D eigenvalue weighted by atomic mass is 10.2. The number of anilines is 1. The summed E-state index contributed by atoms with van der Waals surface area (Å²) < 4.78 is 33.8. The molecular weight excluding hydrogens is 382 g/mol. The first-order chi connectivity index (χ1) is 13.5. The quantitative estimate of drug-likeness (QED) is 0.643. The van der Waals surface area contributed by atoms with Gasteiger partial charge in [0.25, 0.3) is 0 Å². The van der Waals surface area contributed by atoms with E-state index < -0.39 is 10.0 Å². The molecule has 1 amide bonds. The second kappa shape index (κ2) is 6.42. The van der Waals surface area contributed by atoms with E-state index in [4.69, 9.17) is 4.52 Å². The number of hydrogen-bond donors (Lipinski definition) is 0. The lowest BCUT2D eigenvalue weighted by Crippen LogP contribution is -2.51. The summed E-state index contributed by atoms with van der Waals surface area (Å²) in [5.41, 5.74) is 1.78. The van der Waals surface area contributed by atoms with E-state index in [9.17, 15) is 13.2 Å². The molecule has 0 spiro atoms. The Balaban J connectivity index is 1.26. The van der Waals surface area contributed by atoms with Crippen LogP contribution in [0.15, 0.2) is 41.2 Å². The van der Waals surface area contributed by atoms with E-state index in [-0.39, 0.29) is 17.7 Å². The molecule has 3 aromatic rings. The van der Waals surface area contributed by atoms with Gasteiger partial charge < -0.3 is 9.42 Å². The number of hydrogen-bond acceptors (Lipinski definition) is 6. The first-order valence-electron chi connectivity index (χ1n) is 9.17. The van der Waals surface area contributed by atoms with Crippen LogP contribution in [-0.2, 0) is 20.6 Å². The van der Waals surface area contributed by atoms with Gasteiger partial charge in [-0.1, -0.05) is 17.3 Å². The molecule has 1 aromatic carbocycles. The highest BCUT2D eigenvalue weighted by Crippen LogP contribution is 2.29. The van der Waals surface area contributed by atoms with Gasteiger partial charge >= 0.3 is 0 Å². The van der Waals surface area contributed by atoms with Crippen LogP contribution in [0.5, 0.6) is 0 Å².